The summed E-state index contributed by atoms with van der Waals surface area (Å²) in [5, 5.41) is 0. The monoisotopic (exact) mass is 277 g/mol. The third kappa shape index (κ3) is 2.74. The van der Waals surface area contributed by atoms with Gasteiger partial charge < -0.3 is 14.5 Å². The summed E-state index contributed by atoms with van der Waals surface area (Å²) >= 11 is 5.55. The third-order valence-corrected chi connectivity index (χ3v) is 3.91. The van der Waals surface area contributed by atoms with Crippen molar-refractivity contribution in [1.29, 1.82) is 0 Å². The Balaban J connectivity index is 2.63. The first-order chi connectivity index (χ1) is 8.91. The lowest BCUT2D eigenvalue weighted by molar-refractivity contribution is 0.272. The summed E-state index contributed by atoms with van der Waals surface area (Å²) in [6.07, 6.45) is 0. The fourth-order valence-corrected chi connectivity index (χ4v) is 2.92. The van der Waals surface area contributed by atoms with Crippen molar-refractivity contribution < 1.29 is 0 Å². The Morgan fingerprint density at radius 2 is 2.00 bits per heavy atom. The first kappa shape index (κ1) is 14.3. The van der Waals surface area contributed by atoms with E-state index in [0.29, 0.717) is 12.0 Å². The molecule has 0 aliphatic carbocycles. The van der Waals surface area contributed by atoms with Gasteiger partial charge >= 0.3 is 0 Å². The Hall–Kier alpha value is -1.13. The Labute approximate surface area is 120 Å². The van der Waals surface area contributed by atoms with Crippen molar-refractivity contribution in [3.8, 4) is 0 Å². The highest BCUT2D eigenvalue weighted by molar-refractivity contribution is 7.71. The molecule has 1 unspecified atom stereocenters. The number of nitrogens with zero attached hydrogens (tertiary/aromatic N) is 2. The summed E-state index contributed by atoms with van der Waals surface area (Å²) in [7, 11) is 4.22. The van der Waals surface area contributed by atoms with Gasteiger partial charge in [-0.15, -0.1) is 0 Å². The molecular formula is C15H23N3S. The van der Waals surface area contributed by atoms with Crippen molar-refractivity contribution >= 4 is 23.3 Å². The number of aryl methyl sites for hydroxylation is 1. The molecule has 1 N–H and O–H groups in total. The zero-order chi connectivity index (χ0) is 14.2. The first-order valence-corrected chi connectivity index (χ1v) is 7.17. The normalized spacial score (nSPS) is 13.6. The van der Waals surface area contributed by atoms with Gasteiger partial charge in [-0.25, -0.2) is 0 Å². The number of benzene rings is 1. The van der Waals surface area contributed by atoms with Crippen LogP contribution in [0.25, 0.3) is 11.0 Å². The predicted octanol–water partition coefficient (Wildman–Crippen LogP) is 3.77. The van der Waals surface area contributed by atoms with Crippen LogP contribution in [-0.4, -0.2) is 35.1 Å². The van der Waals surface area contributed by atoms with Crippen molar-refractivity contribution in [2.75, 3.05) is 20.6 Å². The van der Waals surface area contributed by atoms with Crippen molar-refractivity contribution in [3.05, 3.63) is 28.5 Å². The topological polar surface area (TPSA) is 24.0 Å². The van der Waals surface area contributed by atoms with Crippen LogP contribution >= 0.6 is 12.2 Å². The second kappa shape index (κ2) is 5.47. The van der Waals surface area contributed by atoms with Crippen LogP contribution in [0.2, 0.25) is 0 Å². The molecule has 0 spiro atoms. The van der Waals surface area contributed by atoms with E-state index in [9.17, 15) is 0 Å². The Morgan fingerprint density at radius 1 is 1.32 bits per heavy atom. The van der Waals surface area contributed by atoms with Gasteiger partial charge in [-0.3, -0.25) is 0 Å². The quantitative estimate of drug-likeness (QED) is 0.860. The van der Waals surface area contributed by atoms with Crippen molar-refractivity contribution in [3.63, 3.8) is 0 Å². The van der Waals surface area contributed by atoms with Gasteiger partial charge in [-0.2, -0.15) is 0 Å². The number of likely N-dealkylation sites (N-methyl/N-ethyl adjacent to an activating group) is 1. The van der Waals surface area contributed by atoms with Gasteiger partial charge in [0, 0.05) is 6.54 Å². The molecule has 1 aromatic carbocycles. The van der Waals surface area contributed by atoms with E-state index in [-0.39, 0.29) is 0 Å². The molecule has 0 fully saturated rings. The lowest BCUT2D eigenvalue weighted by Gasteiger charge is -2.26. The molecule has 104 valence electrons. The fraction of sp³-hybridized carbons (Fsp3) is 0.533. The highest BCUT2D eigenvalue weighted by Gasteiger charge is 2.20. The maximum atomic E-state index is 5.55. The average Bonchev–Trinajstić information content (AvgIpc) is 2.64. The molecule has 4 heteroatoms. The molecular weight excluding hydrogens is 254 g/mol. The first-order valence-electron chi connectivity index (χ1n) is 6.76. The SMILES string of the molecule is Cc1cccc2c1[nH]c(=S)n2C(CN(C)C)C(C)C. The van der Waals surface area contributed by atoms with E-state index in [1.54, 1.807) is 0 Å². The number of para-hydroxylation sites is 1. The number of imidazole rings is 1. The minimum atomic E-state index is 0.387. The van der Waals surface area contributed by atoms with Gasteiger partial charge in [0.05, 0.1) is 17.1 Å². The largest absolute Gasteiger partial charge is 0.330 e. The maximum absolute atomic E-state index is 5.55. The Kier molecular flexibility index (Phi) is 4.11. The van der Waals surface area contributed by atoms with Crippen LogP contribution in [0.4, 0.5) is 0 Å². The number of aromatic amines is 1. The number of H-pyrrole nitrogens is 1. The third-order valence-electron chi connectivity index (χ3n) is 3.61. The molecule has 0 amide bonds. The molecule has 19 heavy (non-hydrogen) atoms. The zero-order valence-electron chi connectivity index (χ0n) is 12.4. The number of rotatable bonds is 4. The summed E-state index contributed by atoms with van der Waals surface area (Å²) < 4.78 is 3.10. The van der Waals surface area contributed by atoms with E-state index >= 15 is 0 Å². The molecule has 2 rings (SSSR count). The smallest absolute Gasteiger partial charge is 0.178 e. The van der Waals surface area contributed by atoms with Gasteiger partial charge in [0.2, 0.25) is 0 Å². The summed E-state index contributed by atoms with van der Waals surface area (Å²) in [6, 6.07) is 6.76. The van der Waals surface area contributed by atoms with Gasteiger partial charge in [0.25, 0.3) is 0 Å². The second-order valence-corrected chi connectivity index (χ2v) is 6.23. The minimum Gasteiger partial charge on any atom is -0.330 e. The number of nitrogens with one attached hydrogen (secondary N) is 1. The van der Waals surface area contributed by atoms with E-state index in [2.05, 4.69) is 67.5 Å². The number of aromatic nitrogens is 2. The lowest BCUT2D eigenvalue weighted by Crippen LogP contribution is -2.28. The highest BCUT2D eigenvalue weighted by Crippen LogP contribution is 2.26. The van der Waals surface area contributed by atoms with Crippen LogP contribution in [-0.2, 0) is 0 Å². The Morgan fingerprint density at radius 3 is 2.58 bits per heavy atom. The molecule has 3 nitrogen and oxygen atoms in total. The zero-order valence-corrected chi connectivity index (χ0v) is 13.2. The van der Waals surface area contributed by atoms with Crippen LogP contribution in [0.1, 0.15) is 25.5 Å². The maximum Gasteiger partial charge on any atom is 0.178 e. The van der Waals surface area contributed by atoms with Crippen LogP contribution in [0, 0.1) is 17.6 Å². The molecule has 0 radical (unpaired) electrons. The van der Waals surface area contributed by atoms with Gasteiger partial charge in [0.1, 0.15) is 0 Å². The number of fused-ring (bicyclic) bond motifs is 1. The molecule has 0 aliphatic heterocycles. The van der Waals surface area contributed by atoms with Crippen LogP contribution in [0.3, 0.4) is 0 Å². The lowest BCUT2D eigenvalue weighted by atomic mass is 10.0. The molecule has 1 atom stereocenters. The van der Waals surface area contributed by atoms with Crippen molar-refractivity contribution in [2.45, 2.75) is 26.8 Å². The summed E-state index contributed by atoms with van der Waals surface area (Å²) in [6.45, 7) is 7.62. The minimum absolute atomic E-state index is 0.387. The molecule has 0 saturated carbocycles. The van der Waals surface area contributed by atoms with E-state index in [4.69, 9.17) is 12.2 Å². The van der Waals surface area contributed by atoms with Gasteiger partial charge in [-0.05, 0) is 50.8 Å². The summed E-state index contributed by atoms with van der Waals surface area (Å²) in [4.78, 5) is 5.59. The van der Waals surface area contributed by atoms with Gasteiger partial charge in [-0.1, -0.05) is 26.0 Å². The molecule has 1 heterocycles. The second-order valence-electron chi connectivity index (χ2n) is 5.84. The number of hydrogen-bond acceptors (Lipinski definition) is 2. The molecule has 1 aromatic heterocycles. The van der Waals surface area contributed by atoms with E-state index in [0.717, 1.165) is 16.8 Å². The van der Waals surface area contributed by atoms with Crippen LogP contribution in [0.15, 0.2) is 18.2 Å². The van der Waals surface area contributed by atoms with Crippen LogP contribution < -0.4 is 0 Å². The molecule has 0 saturated heterocycles. The summed E-state index contributed by atoms with van der Waals surface area (Å²) in [5.41, 5.74) is 3.62. The van der Waals surface area contributed by atoms with Crippen molar-refractivity contribution in [1.82, 2.24) is 14.5 Å². The number of hydrogen-bond donors (Lipinski definition) is 1. The molecule has 0 aliphatic rings. The van der Waals surface area contributed by atoms with Crippen molar-refractivity contribution in [2.24, 2.45) is 5.92 Å². The average molecular weight is 277 g/mol. The van der Waals surface area contributed by atoms with E-state index in [1.165, 1.54) is 11.1 Å². The van der Waals surface area contributed by atoms with Crippen LogP contribution in [0.5, 0.6) is 0 Å². The Bertz CT molecular complexity index is 622. The highest BCUT2D eigenvalue weighted by atomic mass is 32.1. The van der Waals surface area contributed by atoms with E-state index < -0.39 is 0 Å². The molecule has 0 bridgehead atoms. The predicted molar refractivity (Wildman–Crippen MR) is 84.3 cm³/mol. The molecule has 2 aromatic rings. The van der Waals surface area contributed by atoms with Gasteiger partial charge in [0.15, 0.2) is 4.77 Å². The summed E-state index contributed by atoms with van der Waals surface area (Å²) in [5.74, 6) is 0.536. The van der Waals surface area contributed by atoms with E-state index in [1.807, 2.05) is 0 Å². The fourth-order valence-electron chi connectivity index (χ4n) is 2.59. The standard InChI is InChI=1S/C15H23N3S/c1-10(2)13(9-17(4)5)18-12-8-6-7-11(3)14(12)16-15(18)19/h6-8,10,13H,9H2,1-5H3,(H,16,19).